The summed E-state index contributed by atoms with van der Waals surface area (Å²) in [6.07, 6.45) is 1.31. The van der Waals surface area contributed by atoms with Crippen LogP contribution in [0.15, 0.2) is 40.5 Å². The van der Waals surface area contributed by atoms with Crippen LogP contribution in [0.2, 0.25) is 0 Å². The quantitative estimate of drug-likeness (QED) is 0.303. The fourth-order valence-electron chi connectivity index (χ4n) is 2.57. The maximum atomic E-state index is 13.2. The Labute approximate surface area is 182 Å². The molecule has 1 aliphatic rings. The third kappa shape index (κ3) is 6.51. The molecule has 31 heavy (non-hydrogen) atoms. The van der Waals surface area contributed by atoms with E-state index in [2.05, 4.69) is 20.2 Å². The number of ether oxygens (including phenoxy) is 2. The van der Waals surface area contributed by atoms with E-state index in [1.165, 1.54) is 31.4 Å². The van der Waals surface area contributed by atoms with E-state index in [9.17, 15) is 17.6 Å². The summed E-state index contributed by atoms with van der Waals surface area (Å²) < 4.78 is 50.3. The number of carbonyl (C=O) groups is 1. The lowest BCUT2D eigenvalue weighted by Gasteiger charge is -2.11. The molecule has 1 aromatic carbocycles. The Kier molecular flexibility index (Phi) is 8.03. The van der Waals surface area contributed by atoms with Gasteiger partial charge in [-0.15, -0.1) is 0 Å². The molecule has 1 saturated heterocycles. The van der Waals surface area contributed by atoms with Gasteiger partial charge in [-0.25, -0.2) is 18.1 Å². The van der Waals surface area contributed by atoms with E-state index in [1.54, 1.807) is 0 Å². The third-order valence-corrected chi connectivity index (χ3v) is 6.31. The first-order valence-corrected chi connectivity index (χ1v) is 11.5. The average molecular weight is 473 g/mol. The number of nitrogens with one attached hydrogen (secondary N) is 2. The normalized spacial score (nSPS) is 17.0. The van der Waals surface area contributed by atoms with E-state index in [1.807, 2.05) is 0 Å². The van der Waals surface area contributed by atoms with Gasteiger partial charge in [0.15, 0.2) is 22.1 Å². The number of oxime groups is 1. The molecule has 13 heteroatoms. The number of halogens is 1. The number of anilines is 1. The van der Waals surface area contributed by atoms with Gasteiger partial charge in [0.05, 0.1) is 30.9 Å². The number of carbonyl (C=O) groups excluding carboxylic acids is 1. The molecule has 2 heterocycles. The molecule has 1 fully saturated rings. The number of thiazole rings is 1. The van der Waals surface area contributed by atoms with Gasteiger partial charge in [-0.05, 0) is 12.1 Å². The maximum absolute atomic E-state index is 13.2. The number of nitrogens with zero attached hydrogens (tertiary/aromatic N) is 2. The first kappa shape index (κ1) is 23.2. The van der Waals surface area contributed by atoms with Gasteiger partial charge >= 0.3 is 0 Å². The fourth-order valence-corrected chi connectivity index (χ4v) is 4.12. The van der Waals surface area contributed by atoms with Gasteiger partial charge in [-0.1, -0.05) is 28.6 Å². The number of hydrogen-bond donors (Lipinski definition) is 2. The SMILES string of the molecule is COCCNS(=O)(=O)c1ccc(C(=NO[C@@H]2CCOC2)C(=O)Nc2ncc(F)s2)cc1. The molecular formula is C18H21FN4O6S2. The summed E-state index contributed by atoms with van der Waals surface area (Å²) in [5, 5.41) is 5.92. The van der Waals surface area contributed by atoms with Crippen LogP contribution < -0.4 is 10.0 Å². The third-order valence-electron chi connectivity index (χ3n) is 4.13. The van der Waals surface area contributed by atoms with Crippen LogP contribution in [0, 0.1) is 5.13 Å². The summed E-state index contributed by atoms with van der Waals surface area (Å²) in [4.78, 5) is 21.9. The van der Waals surface area contributed by atoms with Crippen molar-refractivity contribution < 1.29 is 31.9 Å². The Bertz CT molecular complexity index is 1020. The molecule has 2 N–H and O–H groups in total. The van der Waals surface area contributed by atoms with Crippen LogP contribution in [-0.2, 0) is 29.1 Å². The van der Waals surface area contributed by atoms with Gasteiger partial charge in [-0.3, -0.25) is 10.1 Å². The molecule has 0 bridgehead atoms. The first-order valence-electron chi connectivity index (χ1n) is 9.22. The zero-order chi connectivity index (χ0) is 22.3. The number of sulfonamides is 1. The highest BCUT2D eigenvalue weighted by molar-refractivity contribution is 7.89. The predicted octanol–water partition coefficient (Wildman–Crippen LogP) is 1.36. The van der Waals surface area contributed by atoms with Crippen LogP contribution in [0.4, 0.5) is 9.52 Å². The average Bonchev–Trinajstić information content (AvgIpc) is 3.40. The zero-order valence-electron chi connectivity index (χ0n) is 16.5. The molecule has 0 saturated carbocycles. The first-order chi connectivity index (χ1) is 14.9. The van der Waals surface area contributed by atoms with Crippen molar-refractivity contribution in [2.45, 2.75) is 17.4 Å². The highest BCUT2D eigenvalue weighted by Gasteiger charge is 2.22. The highest BCUT2D eigenvalue weighted by Crippen LogP contribution is 2.18. The number of amides is 1. The molecule has 168 valence electrons. The van der Waals surface area contributed by atoms with Crippen molar-refractivity contribution in [1.29, 1.82) is 0 Å². The van der Waals surface area contributed by atoms with Gasteiger partial charge in [0.1, 0.15) is 0 Å². The van der Waals surface area contributed by atoms with E-state index in [-0.39, 0.29) is 35.0 Å². The Morgan fingerprint density at radius 2 is 2.16 bits per heavy atom. The monoisotopic (exact) mass is 472 g/mol. The van der Waals surface area contributed by atoms with Gasteiger partial charge < -0.3 is 14.3 Å². The Balaban J connectivity index is 1.80. The number of aromatic nitrogens is 1. The lowest BCUT2D eigenvalue weighted by Crippen LogP contribution is -2.27. The summed E-state index contributed by atoms with van der Waals surface area (Å²) in [6, 6.07) is 5.55. The molecule has 3 rings (SSSR count). The van der Waals surface area contributed by atoms with Crippen molar-refractivity contribution in [2.75, 3.05) is 38.8 Å². The molecule has 2 aromatic rings. The zero-order valence-corrected chi connectivity index (χ0v) is 18.2. The Morgan fingerprint density at radius 3 is 2.77 bits per heavy atom. The minimum atomic E-state index is -3.73. The largest absolute Gasteiger partial charge is 0.389 e. The van der Waals surface area contributed by atoms with Crippen molar-refractivity contribution in [3.63, 3.8) is 0 Å². The smallest absolute Gasteiger partial charge is 0.280 e. The number of benzene rings is 1. The number of hydrogen-bond acceptors (Lipinski definition) is 9. The summed E-state index contributed by atoms with van der Waals surface area (Å²) in [7, 11) is -2.27. The van der Waals surface area contributed by atoms with Gasteiger partial charge in [0.2, 0.25) is 10.0 Å². The Hall–Kier alpha value is -2.45. The van der Waals surface area contributed by atoms with Crippen LogP contribution in [0.1, 0.15) is 12.0 Å². The topological polar surface area (TPSA) is 128 Å². The molecule has 0 aliphatic carbocycles. The minimum Gasteiger partial charge on any atom is -0.389 e. The van der Waals surface area contributed by atoms with Crippen molar-refractivity contribution in [2.24, 2.45) is 5.16 Å². The van der Waals surface area contributed by atoms with Crippen molar-refractivity contribution in [3.8, 4) is 0 Å². The van der Waals surface area contributed by atoms with Crippen LogP contribution >= 0.6 is 11.3 Å². The van der Waals surface area contributed by atoms with Gasteiger partial charge in [0, 0.05) is 25.6 Å². The maximum Gasteiger partial charge on any atom is 0.280 e. The van der Waals surface area contributed by atoms with E-state index >= 15 is 0 Å². The molecule has 0 spiro atoms. The molecule has 1 amide bonds. The lowest BCUT2D eigenvalue weighted by molar-refractivity contribution is -0.110. The number of methoxy groups -OCH3 is 1. The van der Waals surface area contributed by atoms with Gasteiger partial charge in [-0.2, -0.15) is 4.39 Å². The molecule has 10 nitrogen and oxygen atoms in total. The lowest BCUT2D eigenvalue weighted by atomic mass is 10.1. The van der Waals surface area contributed by atoms with E-state index in [4.69, 9.17) is 14.3 Å². The molecule has 1 atom stereocenters. The summed E-state index contributed by atoms with van der Waals surface area (Å²) in [5.74, 6) is -0.679. The summed E-state index contributed by atoms with van der Waals surface area (Å²) in [5.41, 5.74) is 0.197. The summed E-state index contributed by atoms with van der Waals surface area (Å²) >= 11 is 0.664. The van der Waals surface area contributed by atoms with Crippen molar-refractivity contribution in [3.05, 3.63) is 41.2 Å². The van der Waals surface area contributed by atoms with Crippen molar-refractivity contribution >= 4 is 38.1 Å². The van der Waals surface area contributed by atoms with Gasteiger partial charge in [0.25, 0.3) is 5.91 Å². The second-order valence-corrected chi connectivity index (χ2v) is 9.12. The van der Waals surface area contributed by atoms with Crippen LogP contribution in [0.25, 0.3) is 0 Å². The van der Waals surface area contributed by atoms with Crippen LogP contribution in [0.3, 0.4) is 0 Å². The van der Waals surface area contributed by atoms with E-state index in [0.29, 0.717) is 36.5 Å². The standard InChI is InChI=1S/C18H21FN4O6S2/c1-27-9-7-21-31(25,26)14-4-2-12(3-5-14)16(23-29-13-6-8-28-11-13)17(24)22-18-20-10-15(19)30-18/h2-5,10,13,21H,6-9,11H2,1H3,(H,20,22,24)/t13-/m1/s1. The number of rotatable bonds is 10. The van der Waals surface area contributed by atoms with E-state index < -0.39 is 21.1 Å². The molecular weight excluding hydrogens is 451 g/mol. The molecule has 1 aromatic heterocycles. The summed E-state index contributed by atoms with van der Waals surface area (Å²) in [6.45, 7) is 1.23. The van der Waals surface area contributed by atoms with E-state index in [0.717, 1.165) is 6.20 Å². The minimum absolute atomic E-state index is 0.0132. The second-order valence-electron chi connectivity index (χ2n) is 6.37. The second kappa shape index (κ2) is 10.7. The molecule has 0 unspecified atom stereocenters. The van der Waals surface area contributed by atoms with Crippen LogP contribution in [0.5, 0.6) is 0 Å². The predicted molar refractivity (Wildman–Crippen MR) is 111 cm³/mol. The highest BCUT2D eigenvalue weighted by atomic mass is 32.2. The Morgan fingerprint density at radius 1 is 1.39 bits per heavy atom. The fraction of sp³-hybridized carbons (Fsp3) is 0.389. The molecule has 0 radical (unpaired) electrons. The van der Waals surface area contributed by atoms with Crippen molar-refractivity contribution in [1.82, 2.24) is 9.71 Å². The molecule has 1 aliphatic heterocycles. The van der Waals surface area contributed by atoms with Crippen LogP contribution in [-0.4, -0.2) is 64.6 Å².